The lowest BCUT2D eigenvalue weighted by atomic mass is 9.99. The minimum absolute atomic E-state index is 0.0654. The van der Waals surface area contributed by atoms with Crippen molar-refractivity contribution in [3.63, 3.8) is 0 Å². The first-order valence-electron chi connectivity index (χ1n) is 5.53. The maximum absolute atomic E-state index is 10.3. The van der Waals surface area contributed by atoms with Gasteiger partial charge in [0, 0.05) is 0 Å². The van der Waals surface area contributed by atoms with Gasteiger partial charge in [0.2, 0.25) is 0 Å². The molecule has 0 bridgehead atoms. The highest BCUT2D eigenvalue weighted by Gasteiger charge is 1.99. The van der Waals surface area contributed by atoms with Crippen LogP contribution in [-0.4, -0.2) is 6.61 Å². The van der Waals surface area contributed by atoms with Crippen molar-refractivity contribution in [2.75, 3.05) is 6.61 Å². The Balaban J connectivity index is 2.55. The Bertz CT molecular complexity index is 255. The van der Waals surface area contributed by atoms with Crippen molar-refractivity contribution >= 4 is 0 Å². The van der Waals surface area contributed by atoms with Crippen molar-refractivity contribution in [3.8, 4) is 0 Å². The zero-order valence-corrected chi connectivity index (χ0v) is 8.96. The molecule has 0 amide bonds. The van der Waals surface area contributed by atoms with E-state index in [1.807, 2.05) is 0 Å². The van der Waals surface area contributed by atoms with Crippen molar-refractivity contribution in [1.82, 2.24) is 0 Å². The van der Waals surface area contributed by atoms with Gasteiger partial charge < -0.3 is 0 Å². The first kappa shape index (κ1) is 11.3. The molecule has 0 aliphatic heterocycles. The third-order valence-corrected chi connectivity index (χ3v) is 2.48. The van der Waals surface area contributed by atoms with Gasteiger partial charge in [-0.25, -0.2) is 5.11 Å². The highest BCUT2D eigenvalue weighted by molar-refractivity contribution is 5.27. The molecule has 14 heavy (non-hydrogen) atoms. The van der Waals surface area contributed by atoms with Crippen LogP contribution in [0.2, 0.25) is 0 Å². The number of hydrogen-bond acceptors (Lipinski definition) is 0. The molecule has 1 aromatic rings. The fraction of sp³-hybridized carbons (Fsp3) is 0.538. The quantitative estimate of drug-likeness (QED) is 0.614. The monoisotopic (exact) mass is 191 g/mol. The number of hydrogen-bond donors (Lipinski definition) is 0. The van der Waals surface area contributed by atoms with Crippen LogP contribution in [0, 0.1) is 0 Å². The fourth-order valence-corrected chi connectivity index (χ4v) is 1.73. The molecule has 1 rings (SSSR count). The van der Waals surface area contributed by atoms with Crippen molar-refractivity contribution in [2.45, 2.75) is 39.0 Å². The van der Waals surface area contributed by atoms with E-state index in [1.165, 1.54) is 17.5 Å². The van der Waals surface area contributed by atoms with E-state index in [9.17, 15) is 5.11 Å². The number of benzene rings is 1. The molecular formula is C13H19O. The van der Waals surface area contributed by atoms with Crippen LogP contribution in [0.25, 0.3) is 0 Å². The molecule has 0 aromatic heterocycles. The van der Waals surface area contributed by atoms with Crippen LogP contribution in [0.15, 0.2) is 24.3 Å². The van der Waals surface area contributed by atoms with Gasteiger partial charge in [-0.05, 0) is 36.8 Å². The van der Waals surface area contributed by atoms with Gasteiger partial charge in [0.25, 0.3) is 0 Å². The largest absolute Gasteiger partial charge is 0.237 e. The molecule has 0 aliphatic rings. The minimum Gasteiger partial charge on any atom is -0.237 e. The highest BCUT2D eigenvalue weighted by Crippen LogP contribution is 2.13. The third-order valence-electron chi connectivity index (χ3n) is 2.48. The average molecular weight is 191 g/mol. The Labute approximate surface area is 86.8 Å². The Morgan fingerprint density at radius 3 is 2.21 bits per heavy atom. The molecule has 1 radical (unpaired) electrons. The van der Waals surface area contributed by atoms with Crippen LogP contribution in [0.4, 0.5) is 0 Å². The Morgan fingerprint density at radius 1 is 1.00 bits per heavy atom. The lowest BCUT2D eigenvalue weighted by Gasteiger charge is -2.07. The second kappa shape index (κ2) is 6.61. The number of rotatable bonds is 6. The van der Waals surface area contributed by atoms with Gasteiger partial charge in [-0.15, -0.1) is 0 Å². The summed E-state index contributed by atoms with van der Waals surface area (Å²) in [5.41, 5.74) is 2.89. The molecule has 0 N–H and O–H groups in total. The Hall–Kier alpha value is -0.820. The van der Waals surface area contributed by atoms with Crippen LogP contribution < -0.4 is 0 Å². The Morgan fingerprint density at radius 2 is 1.64 bits per heavy atom. The summed E-state index contributed by atoms with van der Waals surface area (Å²) < 4.78 is 0. The van der Waals surface area contributed by atoms with Gasteiger partial charge in [0.1, 0.15) is 0 Å². The van der Waals surface area contributed by atoms with Crippen LogP contribution in [-0.2, 0) is 17.9 Å². The molecule has 0 saturated carbocycles. The van der Waals surface area contributed by atoms with Crippen molar-refractivity contribution in [2.24, 2.45) is 0 Å². The van der Waals surface area contributed by atoms with Gasteiger partial charge in [-0.2, -0.15) is 0 Å². The van der Waals surface area contributed by atoms with Crippen molar-refractivity contribution < 1.29 is 5.11 Å². The second-order valence-corrected chi connectivity index (χ2v) is 3.68. The van der Waals surface area contributed by atoms with Crippen LogP contribution in [0.1, 0.15) is 37.3 Å². The number of aryl methyl sites for hydroxylation is 2. The van der Waals surface area contributed by atoms with E-state index in [4.69, 9.17) is 0 Å². The average Bonchev–Trinajstić information content (AvgIpc) is 2.21. The summed E-state index contributed by atoms with van der Waals surface area (Å²) in [5, 5.41) is 10.3. The molecule has 1 heteroatoms. The van der Waals surface area contributed by atoms with Crippen LogP contribution in [0.5, 0.6) is 0 Å². The number of unbranched alkanes of at least 4 members (excludes halogenated alkanes) is 1. The first-order chi connectivity index (χ1) is 6.88. The summed E-state index contributed by atoms with van der Waals surface area (Å²) in [6.45, 7) is 2.27. The topological polar surface area (TPSA) is 19.9 Å². The summed E-state index contributed by atoms with van der Waals surface area (Å²) in [7, 11) is 0. The van der Waals surface area contributed by atoms with Gasteiger partial charge in [-0.3, -0.25) is 0 Å². The van der Waals surface area contributed by atoms with E-state index >= 15 is 0 Å². The summed E-state index contributed by atoms with van der Waals surface area (Å²) in [5.74, 6) is 0. The molecule has 1 nitrogen and oxygen atoms in total. The van der Waals surface area contributed by atoms with Gasteiger partial charge in [0.05, 0.1) is 6.61 Å². The van der Waals surface area contributed by atoms with E-state index in [-0.39, 0.29) is 6.61 Å². The molecule has 0 fully saturated rings. The molecule has 77 valence electrons. The summed E-state index contributed by atoms with van der Waals surface area (Å²) >= 11 is 0. The molecule has 0 unspecified atom stereocenters. The maximum Gasteiger partial charge on any atom is 0.0822 e. The first-order valence-corrected chi connectivity index (χ1v) is 5.53. The minimum atomic E-state index is 0.0654. The zero-order chi connectivity index (χ0) is 10.2. The lowest BCUT2D eigenvalue weighted by molar-refractivity contribution is 0.187. The summed E-state index contributed by atoms with van der Waals surface area (Å²) in [6, 6.07) is 8.58. The van der Waals surface area contributed by atoms with Crippen LogP contribution in [0.3, 0.4) is 0 Å². The van der Waals surface area contributed by atoms with E-state index in [1.54, 1.807) is 0 Å². The molecule has 0 heterocycles. The fourth-order valence-electron chi connectivity index (χ4n) is 1.73. The van der Waals surface area contributed by atoms with Crippen LogP contribution >= 0.6 is 0 Å². The zero-order valence-electron chi connectivity index (χ0n) is 8.96. The predicted molar refractivity (Wildman–Crippen MR) is 58.9 cm³/mol. The van der Waals surface area contributed by atoms with Gasteiger partial charge in [0.15, 0.2) is 0 Å². The van der Waals surface area contributed by atoms with Gasteiger partial charge >= 0.3 is 0 Å². The van der Waals surface area contributed by atoms with Crippen molar-refractivity contribution in [1.29, 1.82) is 0 Å². The summed E-state index contributed by atoms with van der Waals surface area (Å²) in [4.78, 5) is 0. The molecule has 0 spiro atoms. The third kappa shape index (κ3) is 3.51. The molecular weight excluding hydrogens is 172 g/mol. The normalized spacial score (nSPS) is 10.4. The van der Waals surface area contributed by atoms with E-state index in [0.29, 0.717) is 0 Å². The Kier molecular flexibility index (Phi) is 5.31. The standard InChI is InChI=1S/C13H19O/c1-2-7-12-8-3-4-9-13(12)10-5-6-11-14/h3-4,8-9H,2,5-7,10-11H2,1H3. The second-order valence-electron chi connectivity index (χ2n) is 3.68. The highest BCUT2D eigenvalue weighted by atomic mass is 16.2. The maximum atomic E-state index is 10.3. The smallest absolute Gasteiger partial charge is 0.0822 e. The SMILES string of the molecule is CCCc1ccccc1CCCC[O]. The van der Waals surface area contributed by atoms with E-state index in [0.717, 1.165) is 25.7 Å². The lowest BCUT2D eigenvalue weighted by Crippen LogP contribution is -1.94. The summed E-state index contributed by atoms with van der Waals surface area (Å²) in [6.07, 6.45) is 5.26. The molecule has 0 atom stereocenters. The van der Waals surface area contributed by atoms with E-state index in [2.05, 4.69) is 31.2 Å². The molecule has 0 saturated heterocycles. The van der Waals surface area contributed by atoms with Crippen molar-refractivity contribution in [3.05, 3.63) is 35.4 Å². The molecule has 0 aliphatic carbocycles. The molecule has 1 aromatic carbocycles. The predicted octanol–water partition coefficient (Wildman–Crippen LogP) is 3.39. The van der Waals surface area contributed by atoms with E-state index < -0.39 is 0 Å². The van der Waals surface area contributed by atoms with Gasteiger partial charge in [-0.1, -0.05) is 37.6 Å².